The number of aliphatic hydroxyl groups excluding tert-OH is 1. The molecule has 1 N–H and O–H groups in total. The van der Waals surface area contributed by atoms with Crippen LogP contribution in [0.25, 0.3) is 0 Å². The van der Waals surface area contributed by atoms with Crippen LogP contribution >= 0.6 is 0 Å². The summed E-state index contributed by atoms with van der Waals surface area (Å²) in [7, 11) is 0. The molecule has 0 spiro atoms. The van der Waals surface area contributed by atoms with Crippen molar-refractivity contribution in [1.82, 2.24) is 0 Å². The summed E-state index contributed by atoms with van der Waals surface area (Å²) in [5.74, 6) is 0.346. The van der Waals surface area contributed by atoms with Gasteiger partial charge in [-0.25, -0.2) is 8.78 Å². The molecule has 0 aromatic heterocycles. The molecule has 0 aliphatic heterocycles. The SMILES string of the molecule is OC(CC1CCCC1)C(F)F. The van der Waals surface area contributed by atoms with Gasteiger partial charge in [-0.2, -0.15) is 0 Å². The lowest BCUT2D eigenvalue weighted by Gasteiger charge is -2.13. The van der Waals surface area contributed by atoms with Gasteiger partial charge in [0.05, 0.1) is 0 Å². The first-order valence-electron chi connectivity index (χ1n) is 4.16. The molecule has 0 radical (unpaired) electrons. The average molecular weight is 164 g/mol. The van der Waals surface area contributed by atoms with Gasteiger partial charge in [0.15, 0.2) is 0 Å². The highest BCUT2D eigenvalue weighted by Crippen LogP contribution is 2.29. The molecular formula is C8H14F2O. The zero-order valence-corrected chi connectivity index (χ0v) is 6.47. The predicted octanol–water partition coefficient (Wildman–Crippen LogP) is 2.19. The summed E-state index contributed by atoms with van der Waals surface area (Å²) in [5, 5.41) is 8.84. The highest BCUT2D eigenvalue weighted by atomic mass is 19.3. The summed E-state index contributed by atoms with van der Waals surface area (Å²) in [6.45, 7) is 0. The Labute approximate surface area is 65.4 Å². The van der Waals surface area contributed by atoms with Crippen molar-refractivity contribution in [2.75, 3.05) is 0 Å². The molecule has 66 valence electrons. The van der Waals surface area contributed by atoms with Crippen molar-refractivity contribution < 1.29 is 13.9 Å². The number of hydrogen-bond donors (Lipinski definition) is 1. The van der Waals surface area contributed by atoms with Crippen LogP contribution in [0, 0.1) is 5.92 Å². The Morgan fingerprint density at radius 3 is 2.27 bits per heavy atom. The van der Waals surface area contributed by atoms with E-state index in [0.717, 1.165) is 25.7 Å². The molecule has 0 amide bonds. The van der Waals surface area contributed by atoms with Crippen molar-refractivity contribution in [1.29, 1.82) is 0 Å². The third-order valence-corrected chi connectivity index (χ3v) is 2.34. The van der Waals surface area contributed by atoms with Crippen LogP contribution in [0.2, 0.25) is 0 Å². The van der Waals surface area contributed by atoms with E-state index in [0.29, 0.717) is 5.92 Å². The normalized spacial score (nSPS) is 22.9. The number of halogens is 2. The lowest BCUT2D eigenvalue weighted by molar-refractivity contribution is -0.0171. The Kier molecular flexibility index (Phi) is 3.24. The highest BCUT2D eigenvalue weighted by Gasteiger charge is 2.23. The molecule has 1 atom stereocenters. The highest BCUT2D eigenvalue weighted by molar-refractivity contribution is 4.71. The van der Waals surface area contributed by atoms with Gasteiger partial charge < -0.3 is 5.11 Å². The molecule has 1 aliphatic carbocycles. The monoisotopic (exact) mass is 164 g/mol. The van der Waals surface area contributed by atoms with E-state index in [1.54, 1.807) is 0 Å². The van der Waals surface area contributed by atoms with Gasteiger partial charge in [0.2, 0.25) is 0 Å². The van der Waals surface area contributed by atoms with E-state index in [1.165, 1.54) is 0 Å². The minimum atomic E-state index is -2.56. The van der Waals surface area contributed by atoms with Crippen LogP contribution < -0.4 is 0 Å². The molecule has 11 heavy (non-hydrogen) atoms. The maximum absolute atomic E-state index is 11.8. The Morgan fingerprint density at radius 1 is 1.27 bits per heavy atom. The zero-order valence-electron chi connectivity index (χ0n) is 6.47. The smallest absolute Gasteiger partial charge is 0.264 e. The van der Waals surface area contributed by atoms with Crippen LogP contribution in [0.1, 0.15) is 32.1 Å². The van der Waals surface area contributed by atoms with E-state index in [2.05, 4.69) is 0 Å². The first kappa shape index (κ1) is 8.91. The second-order valence-electron chi connectivity index (χ2n) is 3.29. The van der Waals surface area contributed by atoms with Crippen LogP contribution in [0.5, 0.6) is 0 Å². The fourth-order valence-corrected chi connectivity index (χ4v) is 1.69. The standard InChI is InChI=1S/C8H14F2O/c9-8(10)7(11)5-6-3-1-2-4-6/h6-8,11H,1-5H2. The van der Waals surface area contributed by atoms with Crippen molar-refractivity contribution in [2.45, 2.75) is 44.6 Å². The number of hydrogen-bond acceptors (Lipinski definition) is 1. The van der Waals surface area contributed by atoms with E-state index in [1.807, 2.05) is 0 Å². The first-order chi connectivity index (χ1) is 5.20. The van der Waals surface area contributed by atoms with Crippen molar-refractivity contribution in [3.63, 3.8) is 0 Å². The third kappa shape index (κ3) is 2.73. The Balaban J connectivity index is 2.18. The van der Waals surface area contributed by atoms with Crippen LogP contribution in [-0.4, -0.2) is 17.6 Å². The summed E-state index contributed by atoms with van der Waals surface area (Å²) in [6.07, 6.45) is 0.653. The van der Waals surface area contributed by atoms with Crippen LogP contribution in [0.15, 0.2) is 0 Å². The largest absolute Gasteiger partial charge is 0.387 e. The maximum Gasteiger partial charge on any atom is 0.264 e. The molecule has 1 saturated carbocycles. The quantitative estimate of drug-likeness (QED) is 0.678. The molecule has 1 aliphatic rings. The second kappa shape index (κ2) is 4.00. The summed E-state index contributed by atoms with van der Waals surface area (Å²) >= 11 is 0. The minimum absolute atomic E-state index is 0.289. The fourth-order valence-electron chi connectivity index (χ4n) is 1.69. The van der Waals surface area contributed by atoms with Gasteiger partial charge in [-0.3, -0.25) is 0 Å². The van der Waals surface area contributed by atoms with Gasteiger partial charge in [0.25, 0.3) is 6.43 Å². The number of aliphatic hydroxyl groups is 1. The summed E-state index contributed by atoms with van der Waals surface area (Å²) in [6, 6.07) is 0. The Bertz CT molecular complexity index is 111. The summed E-state index contributed by atoms with van der Waals surface area (Å²) < 4.78 is 23.7. The van der Waals surface area contributed by atoms with E-state index >= 15 is 0 Å². The fraction of sp³-hybridized carbons (Fsp3) is 1.00. The number of alkyl halides is 2. The number of rotatable bonds is 3. The van der Waals surface area contributed by atoms with Gasteiger partial charge in [0, 0.05) is 0 Å². The van der Waals surface area contributed by atoms with Crippen molar-refractivity contribution in [3.8, 4) is 0 Å². The molecule has 0 aromatic carbocycles. The van der Waals surface area contributed by atoms with E-state index < -0.39 is 12.5 Å². The van der Waals surface area contributed by atoms with Crippen molar-refractivity contribution >= 4 is 0 Å². The molecule has 0 bridgehead atoms. The predicted molar refractivity (Wildman–Crippen MR) is 38.6 cm³/mol. The Hall–Kier alpha value is -0.180. The molecule has 0 aromatic rings. The van der Waals surface area contributed by atoms with Crippen LogP contribution in [0.3, 0.4) is 0 Å². The molecule has 3 heteroatoms. The second-order valence-corrected chi connectivity index (χ2v) is 3.29. The summed E-state index contributed by atoms with van der Waals surface area (Å²) in [5.41, 5.74) is 0. The van der Waals surface area contributed by atoms with Crippen molar-refractivity contribution in [3.05, 3.63) is 0 Å². The summed E-state index contributed by atoms with van der Waals surface area (Å²) in [4.78, 5) is 0. The molecule has 1 unspecified atom stereocenters. The van der Waals surface area contributed by atoms with Crippen molar-refractivity contribution in [2.24, 2.45) is 5.92 Å². The lowest BCUT2D eigenvalue weighted by atomic mass is 10.0. The van der Waals surface area contributed by atoms with Crippen LogP contribution in [-0.2, 0) is 0 Å². The lowest BCUT2D eigenvalue weighted by Crippen LogP contribution is -2.20. The van der Waals surface area contributed by atoms with Gasteiger partial charge in [0.1, 0.15) is 6.10 Å². The molecule has 1 nitrogen and oxygen atoms in total. The molecule has 1 rings (SSSR count). The molecule has 0 heterocycles. The Morgan fingerprint density at radius 2 is 1.82 bits per heavy atom. The van der Waals surface area contributed by atoms with Gasteiger partial charge in [-0.1, -0.05) is 25.7 Å². The van der Waals surface area contributed by atoms with Gasteiger partial charge in [-0.05, 0) is 12.3 Å². The molecule has 1 fully saturated rings. The van der Waals surface area contributed by atoms with E-state index in [9.17, 15) is 8.78 Å². The zero-order chi connectivity index (χ0) is 8.27. The maximum atomic E-state index is 11.8. The molecule has 0 saturated heterocycles. The minimum Gasteiger partial charge on any atom is -0.387 e. The van der Waals surface area contributed by atoms with Crippen LogP contribution in [0.4, 0.5) is 8.78 Å². The molecular weight excluding hydrogens is 150 g/mol. The first-order valence-corrected chi connectivity index (χ1v) is 4.16. The van der Waals surface area contributed by atoms with E-state index in [-0.39, 0.29) is 6.42 Å². The third-order valence-electron chi connectivity index (χ3n) is 2.34. The average Bonchev–Trinajstić information content (AvgIpc) is 2.39. The van der Waals surface area contributed by atoms with Gasteiger partial charge in [-0.15, -0.1) is 0 Å². The van der Waals surface area contributed by atoms with Gasteiger partial charge >= 0.3 is 0 Å². The topological polar surface area (TPSA) is 20.2 Å². The van der Waals surface area contributed by atoms with E-state index in [4.69, 9.17) is 5.11 Å².